The Morgan fingerprint density at radius 2 is 1.83 bits per heavy atom. The van der Waals surface area contributed by atoms with Gasteiger partial charge in [-0.1, -0.05) is 42.0 Å². The second-order valence-corrected chi connectivity index (χ2v) is 7.56. The first-order valence-electron chi connectivity index (χ1n) is 9.06. The van der Waals surface area contributed by atoms with Crippen LogP contribution in [-0.2, 0) is 6.61 Å². The largest absolute Gasteiger partial charge is 0.867 e. The first-order chi connectivity index (χ1) is 13.9. The van der Waals surface area contributed by atoms with Crippen LogP contribution in [0.4, 0.5) is 5.69 Å². The fraction of sp³-hybridized carbons (Fsp3) is 0.130. The summed E-state index contributed by atoms with van der Waals surface area (Å²) >= 11 is 11.6. The molecule has 0 fully saturated rings. The van der Waals surface area contributed by atoms with Crippen molar-refractivity contribution in [1.82, 2.24) is 0 Å². The zero-order valence-corrected chi connectivity index (χ0v) is 17.7. The molecule has 0 aliphatic heterocycles. The molecule has 0 amide bonds. The molecule has 0 saturated carbocycles. The number of aromatic nitrogens is 1. The molecule has 148 valence electrons. The van der Waals surface area contributed by atoms with E-state index in [4.69, 9.17) is 23.8 Å². The maximum Gasteiger partial charge on any atom is 0.238 e. The number of thiocarbonyl (C=S) groups is 1. The van der Waals surface area contributed by atoms with Gasteiger partial charge >= 0.3 is 0 Å². The van der Waals surface area contributed by atoms with Crippen LogP contribution in [-0.4, -0.2) is 10.1 Å². The summed E-state index contributed by atoms with van der Waals surface area (Å²) in [5.41, 5.74) is 4.38. The van der Waals surface area contributed by atoms with Gasteiger partial charge in [0.05, 0.1) is 6.61 Å². The molecule has 3 rings (SSSR count). The van der Waals surface area contributed by atoms with E-state index in [1.165, 1.54) is 0 Å². The van der Waals surface area contributed by atoms with Crippen LogP contribution in [0.25, 0.3) is 11.5 Å². The number of benzene rings is 2. The lowest BCUT2D eigenvalue weighted by Gasteiger charge is -2.18. The van der Waals surface area contributed by atoms with E-state index in [2.05, 4.69) is 5.32 Å². The van der Waals surface area contributed by atoms with Gasteiger partial charge in [-0.2, -0.15) is 4.57 Å². The van der Waals surface area contributed by atoms with Crippen LogP contribution in [0.3, 0.4) is 0 Å². The molecule has 2 N–H and O–H groups in total. The SMILES string of the molecule is Cc1ccc(/C([O-])=C(/C(=S)Nc2ccc(Cl)cc2)[n+]2cccc(CO)c2)cc1C. The quantitative estimate of drug-likeness (QED) is 0.282. The van der Waals surface area contributed by atoms with Crippen LogP contribution in [0.5, 0.6) is 0 Å². The topological polar surface area (TPSA) is 59.2 Å². The summed E-state index contributed by atoms with van der Waals surface area (Å²) in [5.74, 6) is -0.209. The summed E-state index contributed by atoms with van der Waals surface area (Å²) in [4.78, 5) is 0.274. The summed E-state index contributed by atoms with van der Waals surface area (Å²) in [6, 6.07) is 16.2. The monoisotopic (exact) mass is 424 g/mol. The third kappa shape index (κ3) is 5.01. The number of hydrogen-bond donors (Lipinski definition) is 2. The second kappa shape index (κ2) is 9.18. The lowest BCUT2D eigenvalue weighted by atomic mass is 10.0. The fourth-order valence-electron chi connectivity index (χ4n) is 2.84. The molecule has 1 heterocycles. The van der Waals surface area contributed by atoms with Crippen molar-refractivity contribution < 1.29 is 14.8 Å². The number of hydrogen-bond acceptors (Lipinski definition) is 3. The molecule has 0 saturated heterocycles. The molecule has 29 heavy (non-hydrogen) atoms. The summed E-state index contributed by atoms with van der Waals surface area (Å²) in [5, 5.41) is 26.6. The van der Waals surface area contributed by atoms with Gasteiger partial charge in [0.15, 0.2) is 17.4 Å². The Morgan fingerprint density at radius 1 is 1.10 bits per heavy atom. The van der Waals surface area contributed by atoms with Crippen molar-refractivity contribution in [3.8, 4) is 0 Å². The molecular formula is C23H21ClN2O2S. The van der Waals surface area contributed by atoms with Crippen LogP contribution in [0, 0.1) is 13.8 Å². The number of anilines is 1. The van der Waals surface area contributed by atoms with Crippen LogP contribution in [0.2, 0.25) is 5.02 Å². The lowest BCUT2D eigenvalue weighted by molar-refractivity contribution is -0.578. The number of nitrogens with zero attached hydrogens (tertiary/aromatic N) is 1. The van der Waals surface area contributed by atoms with Crippen LogP contribution < -0.4 is 15.0 Å². The fourth-order valence-corrected chi connectivity index (χ4v) is 3.28. The predicted molar refractivity (Wildman–Crippen MR) is 119 cm³/mol. The maximum atomic E-state index is 13.4. The molecule has 0 unspecified atom stereocenters. The van der Waals surface area contributed by atoms with E-state index in [1.54, 1.807) is 59.4 Å². The van der Waals surface area contributed by atoms with E-state index in [-0.39, 0.29) is 17.4 Å². The first-order valence-corrected chi connectivity index (χ1v) is 9.85. The highest BCUT2D eigenvalue weighted by Crippen LogP contribution is 2.20. The Kier molecular flexibility index (Phi) is 6.64. The molecule has 0 aliphatic carbocycles. The average molecular weight is 425 g/mol. The summed E-state index contributed by atoms with van der Waals surface area (Å²) < 4.78 is 1.65. The number of pyridine rings is 1. The zero-order valence-electron chi connectivity index (χ0n) is 16.1. The van der Waals surface area contributed by atoms with Gasteiger partial charge in [-0.15, -0.1) is 0 Å². The van der Waals surface area contributed by atoms with Crippen molar-refractivity contribution in [2.24, 2.45) is 0 Å². The van der Waals surface area contributed by atoms with Crippen LogP contribution >= 0.6 is 23.8 Å². The third-order valence-corrected chi connectivity index (χ3v) is 5.15. The van der Waals surface area contributed by atoms with Gasteiger partial charge in [-0.25, -0.2) is 0 Å². The predicted octanol–water partition coefficient (Wildman–Crippen LogP) is 3.86. The maximum absolute atomic E-state index is 13.4. The molecule has 2 aromatic carbocycles. The lowest BCUT2D eigenvalue weighted by Crippen LogP contribution is -2.40. The minimum absolute atomic E-state index is 0.136. The van der Waals surface area contributed by atoms with Gasteiger partial charge in [-0.3, -0.25) is 0 Å². The summed E-state index contributed by atoms with van der Waals surface area (Å²) in [7, 11) is 0. The van der Waals surface area contributed by atoms with E-state index in [0.717, 1.165) is 16.8 Å². The van der Waals surface area contributed by atoms with E-state index < -0.39 is 0 Å². The van der Waals surface area contributed by atoms with Gasteiger partial charge < -0.3 is 15.5 Å². The zero-order chi connectivity index (χ0) is 21.0. The highest BCUT2D eigenvalue weighted by Gasteiger charge is 2.20. The van der Waals surface area contributed by atoms with Crippen LogP contribution in [0.1, 0.15) is 22.3 Å². The van der Waals surface area contributed by atoms with E-state index in [0.29, 0.717) is 21.8 Å². The normalized spacial score (nSPS) is 11.7. The highest BCUT2D eigenvalue weighted by molar-refractivity contribution is 7.81. The number of nitrogens with one attached hydrogen (secondary N) is 1. The molecule has 0 radical (unpaired) electrons. The van der Waals surface area contributed by atoms with Gasteiger partial charge in [0.1, 0.15) is 0 Å². The number of aryl methyl sites for hydroxylation is 2. The Balaban J connectivity index is 2.10. The van der Waals surface area contributed by atoms with Gasteiger partial charge in [0, 0.05) is 22.3 Å². The second-order valence-electron chi connectivity index (χ2n) is 6.72. The Labute approximate surface area is 180 Å². The minimum Gasteiger partial charge on any atom is -0.867 e. The van der Waals surface area contributed by atoms with Crippen molar-refractivity contribution in [3.63, 3.8) is 0 Å². The summed E-state index contributed by atoms with van der Waals surface area (Å²) in [6.07, 6.45) is 3.44. The number of rotatable bonds is 5. The molecule has 0 aliphatic rings. The van der Waals surface area contributed by atoms with Crippen molar-refractivity contribution in [2.45, 2.75) is 20.5 Å². The Bertz CT molecular complexity index is 1080. The van der Waals surface area contributed by atoms with E-state index in [1.807, 2.05) is 26.0 Å². The smallest absolute Gasteiger partial charge is 0.238 e. The molecule has 0 bridgehead atoms. The van der Waals surface area contributed by atoms with Crippen LogP contribution in [0.15, 0.2) is 67.0 Å². The van der Waals surface area contributed by atoms with Gasteiger partial charge in [-0.05, 0) is 66.6 Å². The molecule has 6 heteroatoms. The Hall–Kier alpha value is -2.73. The highest BCUT2D eigenvalue weighted by atomic mass is 35.5. The average Bonchev–Trinajstić information content (AvgIpc) is 2.72. The van der Waals surface area contributed by atoms with Crippen molar-refractivity contribution in [1.29, 1.82) is 0 Å². The Morgan fingerprint density at radius 3 is 2.48 bits per heavy atom. The number of halogens is 1. The van der Waals surface area contributed by atoms with E-state index >= 15 is 0 Å². The molecule has 0 atom stereocenters. The number of aliphatic hydroxyl groups is 1. The van der Waals surface area contributed by atoms with Crippen molar-refractivity contribution in [2.75, 3.05) is 5.32 Å². The summed E-state index contributed by atoms with van der Waals surface area (Å²) in [6.45, 7) is 3.83. The van der Waals surface area contributed by atoms with Crippen molar-refractivity contribution >= 4 is 46.0 Å². The first kappa shape index (κ1) is 21.0. The van der Waals surface area contributed by atoms with Gasteiger partial charge in [0.2, 0.25) is 5.70 Å². The molecule has 3 aromatic rings. The molecular weight excluding hydrogens is 404 g/mol. The number of aliphatic hydroxyl groups excluding tert-OH is 1. The third-order valence-electron chi connectivity index (χ3n) is 4.60. The van der Waals surface area contributed by atoms with Crippen molar-refractivity contribution in [3.05, 3.63) is 94.3 Å². The molecule has 4 nitrogen and oxygen atoms in total. The van der Waals surface area contributed by atoms with E-state index in [9.17, 15) is 10.2 Å². The minimum atomic E-state index is -0.209. The van der Waals surface area contributed by atoms with Gasteiger partial charge in [0.25, 0.3) is 0 Å². The molecule has 1 aromatic heterocycles. The molecule has 0 spiro atoms. The standard InChI is InChI=1S/C23H21ClN2O2S/c1-15-5-6-18(12-16(15)2)22(28)21(26-11-3-4-17(13-26)14-27)23(29)25-20-9-7-19(24)8-10-20/h3-13,27H,14H2,1-2H3,(H-,25,28,29).